The highest BCUT2D eigenvalue weighted by Gasteiger charge is 2.30. The SMILES string of the molecule is CS(=O)(=O)C1CCN(c2ccc(N/C=C3\C(=O)Nc4ccccc43)cc2)C1. The first-order chi connectivity index (χ1) is 12.9. The summed E-state index contributed by atoms with van der Waals surface area (Å²) < 4.78 is 23.4. The zero-order valence-corrected chi connectivity index (χ0v) is 15.8. The van der Waals surface area contributed by atoms with Gasteiger partial charge in [0, 0.05) is 48.2 Å². The molecule has 2 heterocycles. The molecule has 1 amide bonds. The van der Waals surface area contributed by atoms with E-state index in [0.29, 0.717) is 18.5 Å². The van der Waals surface area contributed by atoms with E-state index in [1.165, 1.54) is 6.26 Å². The summed E-state index contributed by atoms with van der Waals surface area (Å²) in [6.45, 7) is 1.28. The van der Waals surface area contributed by atoms with Gasteiger partial charge in [-0.05, 0) is 36.8 Å². The summed E-state index contributed by atoms with van der Waals surface area (Å²) in [6.07, 6.45) is 3.68. The van der Waals surface area contributed by atoms with Crippen molar-refractivity contribution >= 4 is 38.4 Å². The lowest BCUT2D eigenvalue weighted by molar-refractivity contribution is -0.110. The topological polar surface area (TPSA) is 78.5 Å². The summed E-state index contributed by atoms with van der Waals surface area (Å²) in [5, 5.41) is 5.72. The molecule has 140 valence electrons. The summed E-state index contributed by atoms with van der Waals surface area (Å²) >= 11 is 0. The van der Waals surface area contributed by atoms with E-state index in [9.17, 15) is 13.2 Å². The molecule has 0 aromatic heterocycles. The van der Waals surface area contributed by atoms with Crippen molar-refractivity contribution in [1.82, 2.24) is 0 Å². The molecule has 2 aliphatic heterocycles. The molecule has 1 saturated heterocycles. The number of rotatable bonds is 4. The lowest BCUT2D eigenvalue weighted by Gasteiger charge is -2.18. The fraction of sp³-hybridized carbons (Fsp3) is 0.250. The number of nitrogens with zero attached hydrogens (tertiary/aromatic N) is 1. The second-order valence-corrected chi connectivity index (χ2v) is 9.26. The van der Waals surface area contributed by atoms with Crippen molar-refractivity contribution in [1.29, 1.82) is 0 Å². The molecule has 27 heavy (non-hydrogen) atoms. The third-order valence-electron chi connectivity index (χ3n) is 5.08. The molecule has 0 bridgehead atoms. The number of hydrogen-bond donors (Lipinski definition) is 2. The Morgan fingerprint density at radius 1 is 1.15 bits per heavy atom. The van der Waals surface area contributed by atoms with Gasteiger partial charge in [0.25, 0.3) is 5.91 Å². The third kappa shape index (κ3) is 3.55. The number of hydrogen-bond acceptors (Lipinski definition) is 5. The van der Waals surface area contributed by atoms with Gasteiger partial charge in [-0.2, -0.15) is 0 Å². The maximum Gasteiger partial charge on any atom is 0.257 e. The van der Waals surface area contributed by atoms with Crippen molar-refractivity contribution < 1.29 is 13.2 Å². The molecule has 0 radical (unpaired) electrons. The highest BCUT2D eigenvalue weighted by atomic mass is 32.2. The van der Waals surface area contributed by atoms with Crippen molar-refractivity contribution in [3.05, 3.63) is 60.3 Å². The van der Waals surface area contributed by atoms with E-state index in [1.54, 1.807) is 6.20 Å². The molecule has 2 aliphatic rings. The number of sulfone groups is 1. The Bertz CT molecular complexity index is 1010. The normalized spacial score (nSPS) is 20.6. The van der Waals surface area contributed by atoms with Crippen LogP contribution in [0.15, 0.2) is 54.7 Å². The van der Waals surface area contributed by atoms with Gasteiger partial charge in [-0.25, -0.2) is 8.42 Å². The van der Waals surface area contributed by atoms with Crippen LogP contribution in [0, 0.1) is 0 Å². The van der Waals surface area contributed by atoms with Gasteiger partial charge < -0.3 is 15.5 Å². The largest absolute Gasteiger partial charge is 0.370 e. The van der Waals surface area contributed by atoms with Crippen molar-refractivity contribution in [2.24, 2.45) is 0 Å². The van der Waals surface area contributed by atoms with E-state index in [4.69, 9.17) is 0 Å². The van der Waals surface area contributed by atoms with Crippen LogP contribution in [0.5, 0.6) is 0 Å². The molecule has 4 rings (SSSR count). The number of para-hydroxylation sites is 1. The fourth-order valence-corrected chi connectivity index (χ4v) is 4.50. The first kappa shape index (κ1) is 17.6. The number of carbonyl (C=O) groups is 1. The summed E-state index contributed by atoms with van der Waals surface area (Å²) in [5.74, 6) is -0.121. The van der Waals surface area contributed by atoms with Crippen molar-refractivity contribution in [3.63, 3.8) is 0 Å². The molecule has 1 atom stereocenters. The Kier molecular flexibility index (Phi) is 4.39. The molecule has 1 unspecified atom stereocenters. The molecule has 7 heteroatoms. The van der Waals surface area contributed by atoms with E-state index in [2.05, 4.69) is 15.5 Å². The Labute approximate surface area is 158 Å². The first-order valence-corrected chi connectivity index (χ1v) is 10.8. The molecule has 6 nitrogen and oxygen atoms in total. The number of carbonyl (C=O) groups excluding carboxylic acids is 1. The second-order valence-electron chi connectivity index (χ2n) is 6.94. The van der Waals surface area contributed by atoms with E-state index in [-0.39, 0.29) is 11.2 Å². The summed E-state index contributed by atoms with van der Waals surface area (Å²) in [4.78, 5) is 14.2. The van der Waals surface area contributed by atoms with Gasteiger partial charge in [-0.3, -0.25) is 4.79 Å². The molecule has 0 aliphatic carbocycles. The van der Waals surface area contributed by atoms with E-state index >= 15 is 0 Å². The molecular weight excluding hydrogens is 362 g/mol. The van der Waals surface area contributed by atoms with E-state index in [0.717, 1.165) is 29.2 Å². The second kappa shape index (κ2) is 6.74. The van der Waals surface area contributed by atoms with Crippen LogP contribution < -0.4 is 15.5 Å². The van der Waals surface area contributed by atoms with Crippen LogP contribution in [0.4, 0.5) is 17.1 Å². The fourth-order valence-electron chi connectivity index (χ4n) is 3.52. The zero-order valence-electron chi connectivity index (χ0n) is 15.0. The smallest absolute Gasteiger partial charge is 0.257 e. The zero-order chi connectivity index (χ0) is 19.0. The first-order valence-electron chi connectivity index (χ1n) is 8.83. The maximum atomic E-state index is 12.1. The number of fused-ring (bicyclic) bond motifs is 1. The summed E-state index contributed by atoms with van der Waals surface area (Å²) in [5.41, 5.74) is 4.17. The van der Waals surface area contributed by atoms with Gasteiger partial charge in [0.05, 0.1) is 10.8 Å². The van der Waals surface area contributed by atoms with E-state index < -0.39 is 9.84 Å². The standard InChI is InChI=1S/C20H21N3O3S/c1-27(25,26)16-10-11-23(13-16)15-8-6-14(7-9-15)21-12-18-17-4-2-3-5-19(17)22-20(18)24/h2-9,12,16,21H,10-11,13H2,1H3,(H,22,24)/b18-12-. The van der Waals surface area contributed by atoms with Gasteiger partial charge in [-0.1, -0.05) is 18.2 Å². The van der Waals surface area contributed by atoms with Crippen molar-refractivity contribution in [3.8, 4) is 0 Å². The average molecular weight is 383 g/mol. The summed E-state index contributed by atoms with van der Waals surface area (Å²) in [6, 6.07) is 15.4. The van der Waals surface area contributed by atoms with Gasteiger partial charge in [0.15, 0.2) is 9.84 Å². The average Bonchev–Trinajstić information content (AvgIpc) is 3.25. The highest BCUT2D eigenvalue weighted by molar-refractivity contribution is 7.91. The number of anilines is 3. The predicted molar refractivity (Wildman–Crippen MR) is 109 cm³/mol. The van der Waals surface area contributed by atoms with Crippen LogP contribution in [0.3, 0.4) is 0 Å². The van der Waals surface area contributed by atoms with Gasteiger partial charge in [0.2, 0.25) is 0 Å². The Balaban J connectivity index is 1.46. The lowest BCUT2D eigenvalue weighted by atomic mass is 10.1. The van der Waals surface area contributed by atoms with E-state index in [1.807, 2.05) is 48.5 Å². The van der Waals surface area contributed by atoms with Crippen LogP contribution in [-0.2, 0) is 14.6 Å². The minimum atomic E-state index is -3.00. The molecule has 0 spiro atoms. The molecular formula is C20H21N3O3S. The molecule has 2 aromatic carbocycles. The number of nitrogens with one attached hydrogen (secondary N) is 2. The molecule has 1 fully saturated rings. The molecule has 0 saturated carbocycles. The minimum Gasteiger partial charge on any atom is -0.370 e. The van der Waals surface area contributed by atoms with Crippen LogP contribution >= 0.6 is 0 Å². The monoisotopic (exact) mass is 383 g/mol. The van der Waals surface area contributed by atoms with Gasteiger partial charge in [-0.15, -0.1) is 0 Å². The summed E-state index contributed by atoms with van der Waals surface area (Å²) in [7, 11) is -3.00. The Morgan fingerprint density at radius 2 is 1.89 bits per heavy atom. The third-order valence-corrected chi connectivity index (χ3v) is 6.67. The quantitative estimate of drug-likeness (QED) is 0.794. The van der Waals surface area contributed by atoms with Crippen molar-refractivity contribution in [2.75, 3.05) is 34.9 Å². The lowest BCUT2D eigenvalue weighted by Crippen LogP contribution is -2.25. The van der Waals surface area contributed by atoms with Crippen LogP contribution in [0.25, 0.3) is 5.57 Å². The maximum absolute atomic E-state index is 12.1. The Hall–Kier alpha value is -2.80. The number of benzene rings is 2. The van der Waals surface area contributed by atoms with Crippen LogP contribution in [0.2, 0.25) is 0 Å². The van der Waals surface area contributed by atoms with Crippen LogP contribution in [-0.4, -0.2) is 38.9 Å². The molecule has 2 aromatic rings. The van der Waals surface area contributed by atoms with Gasteiger partial charge >= 0.3 is 0 Å². The predicted octanol–water partition coefficient (Wildman–Crippen LogP) is 2.72. The van der Waals surface area contributed by atoms with Crippen LogP contribution in [0.1, 0.15) is 12.0 Å². The van der Waals surface area contributed by atoms with Gasteiger partial charge in [0.1, 0.15) is 0 Å². The minimum absolute atomic E-state index is 0.121. The molecule has 2 N–H and O–H groups in total. The number of amides is 1. The highest BCUT2D eigenvalue weighted by Crippen LogP contribution is 2.31. The van der Waals surface area contributed by atoms with Crippen molar-refractivity contribution in [2.45, 2.75) is 11.7 Å². The Morgan fingerprint density at radius 3 is 2.59 bits per heavy atom.